The first kappa shape index (κ1) is 13.1. The van der Waals surface area contributed by atoms with Crippen molar-refractivity contribution >= 4 is 23.5 Å². The van der Waals surface area contributed by atoms with Crippen LogP contribution in [0.1, 0.15) is 40.5 Å². The van der Waals surface area contributed by atoms with Crippen molar-refractivity contribution in [2.75, 3.05) is 5.32 Å². The fourth-order valence-corrected chi connectivity index (χ4v) is 1.95. The van der Waals surface area contributed by atoms with E-state index in [4.69, 9.17) is 5.11 Å². The molecule has 1 aromatic rings. The van der Waals surface area contributed by atoms with Gasteiger partial charge in [-0.2, -0.15) is 0 Å². The SMILES string of the molecule is CC(CCC(=O)O)Nc1ccc2c(c1)C(=O)NC2=O. The highest BCUT2D eigenvalue weighted by atomic mass is 16.4. The third-order valence-electron chi connectivity index (χ3n) is 2.94. The molecule has 0 aromatic heterocycles. The summed E-state index contributed by atoms with van der Waals surface area (Å²) in [6, 6.07) is 4.86. The second-order valence-electron chi connectivity index (χ2n) is 4.52. The molecule has 1 aliphatic heterocycles. The quantitative estimate of drug-likeness (QED) is 0.694. The van der Waals surface area contributed by atoms with Crippen LogP contribution in [0.4, 0.5) is 5.69 Å². The highest BCUT2D eigenvalue weighted by molar-refractivity contribution is 6.21. The highest BCUT2D eigenvalue weighted by Gasteiger charge is 2.26. The minimum Gasteiger partial charge on any atom is -0.481 e. The normalized spacial score (nSPS) is 14.8. The van der Waals surface area contributed by atoms with E-state index >= 15 is 0 Å². The number of amides is 2. The molecule has 0 spiro atoms. The largest absolute Gasteiger partial charge is 0.481 e. The van der Waals surface area contributed by atoms with E-state index in [0.29, 0.717) is 23.2 Å². The van der Waals surface area contributed by atoms with Gasteiger partial charge >= 0.3 is 5.97 Å². The number of carbonyl (C=O) groups is 3. The summed E-state index contributed by atoms with van der Waals surface area (Å²) < 4.78 is 0. The van der Waals surface area contributed by atoms with Crippen LogP contribution in [0.2, 0.25) is 0 Å². The number of anilines is 1. The van der Waals surface area contributed by atoms with Gasteiger partial charge in [0.1, 0.15) is 0 Å². The first-order valence-corrected chi connectivity index (χ1v) is 5.95. The van der Waals surface area contributed by atoms with Gasteiger partial charge in [0.05, 0.1) is 11.1 Å². The van der Waals surface area contributed by atoms with Gasteiger partial charge in [0.15, 0.2) is 0 Å². The van der Waals surface area contributed by atoms with Gasteiger partial charge in [0.2, 0.25) is 0 Å². The van der Waals surface area contributed by atoms with E-state index in [-0.39, 0.29) is 18.4 Å². The number of carboxylic acid groups (broad SMARTS) is 1. The summed E-state index contributed by atoms with van der Waals surface area (Å²) in [6.07, 6.45) is 0.565. The number of benzene rings is 1. The lowest BCUT2D eigenvalue weighted by Crippen LogP contribution is -2.20. The number of carboxylic acids is 1. The number of rotatable bonds is 5. The lowest BCUT2D eigenvalue weighted by atomic mass is 10.1. The van der Waals surface area contributed by atoms with Gasteiger partial charge < -0.3 is 10.4 Å². The lowest BCUT2D eigenvalue weighted by Gasteiger charge is -2.14. The molecule has 1 aromatic carbocycles. The van der Waals surface area contributed by atoms with Crippen molar-refractivity contribution in [2.45, 2.75) is 25.8 Å². The number of fused-ring (bicyclic) bond motifs is 1. The second kappa shape index (κ2) is 5.09. The molecule has 100 valence electrons. The summed E-state index contributed by atoms with van der Waals surface area (Å²) in [5.74, 6) is -1.63. The standard InChI is InChI=1S/C13H14N2O4/c1-7(2-5-11(16)17)14-8-3-4-9-10(6-8)13(19)15-12(9)18/h3-4,6-7,14H,2,5H2,1H3,(H,16,17)(H,15,18,19). The Kier molecular flexibility index (Phi) is 3.50. The molecule has 19 heavy (non-hydrogen) atoms. The molecular formula is C13H14N2O4. The minimum atomic E-state index is -0.840. The van der Waals surface area contributed by atoms with Crippen LogP contribution in [0.25, 0.3) is 0 Å². The van der Waals surface area contributed by atoms with Crippen LogP contribution < -0.4 is 10.6 Å². The molecule has 0 saturated heterocycles. The summed E-state index contributed by atoms with van der Waals surface area (Å²) in [6.45, 7) is 1.86. The number of nitrogens with one attached hydrogen (secondary N) is 2. The minimum absolute atomic E-state index is 0.0330. The summed E-state index contributed by atoms with van der Waals surface area (Å²) in [5.41, 5.74) is 1.41. The first-order valence-electron chi connectivity index (χ1n) is 5.95. The Labute approximate surface area is 109 Å². The average molecular weight is 262 g/mol. The molecule has 3 N–H and O–H groups in total. The fourth-order valence-electron chi connectivity index (χ4n) is 1.95. The second-order valence-corrected chi connectivity index (χ2v) is 4.52. The van der Waals surface area contributed by atoms with Gasteiger partial charge in [-0.3, -0.25) is 19.7 Å². The Hall–Kier alpha value is -2.37. The Morgan fingerprint density at radius 3 is 2.68 bits per heavy atom. The van der Waals surface area contributed by atoms with E-state index in [2.05, 4.69) is 10.6 Å². The van der Waals surface area contributed by atoms with Crippen LogP contribution in [-0.4, -0.2) is 28.9 Å². The molecule has 1 heterocycles. The van der Waals surface area contributed by atoms with Crippen molar-refractivity contribution in [1.82, 2.24) is 5.32 Å². The van der Waals surface area contributed by atoms with Crippen LogP contribution in [0, 0.1) is 0 Å². The van der Waals surface area contributed by atoms with Crippen molar-refractivity contribution in [3.8, 4) is 0 Å². The van der Waals surface area contributed by atoms with Gasteiger partial charge in [-0.05, 0) is 31.5 Å². The average Bonchev–Trinajstić information content (AvgIpc) is 2.62. The zero-order chi connectivity index (χ0) is 14.0. The van der Waals surface area contributed by atoms with Crippen molar-refractivity contribution < 1.29 is 19.5 Å². The van der Waals surface area contributed by atoms with Crippen LogP contribution in [0.15, 0.2) is 18.2 Å². The molecule has 1 unspecified atom stereocenters. The zero-order valence-corrected chi connectivity index (χ0v) is 10.4. The predicted octanol–water partition coefficient (Wildman–Crippen LogP) is 1.24. The summed E-state index contributed by atoms with van der Waals surface area (Å²) in [7, 11) is 0. The summed E-state index contributed by atoms with van der Waals surface area (Å²) in [5, 5.41) is 13.9. The monoisotopic (exact) mass is 262 g/mol. The van der Waals surface area contributed by atoms with E-state index in [9.17, 15) is 14.4 Å². The molecule has 0 radical (unpaired) electrons. The van der Waals surface area contributed by atoms with Crippen LogP contribution in [-0.2, 0) is 4.79 Å². The van der Waals surface area contributed by atoms with Crippen LogP contribution in [0.5, 0.6) is 0 Å². The molecule has 6 heteroatoms. The van der Waals surface area contributed by atoms with Gasteiger partial charge in [-0.1, -0.05) is 0 Å². The summed E-state index contributed by atoms with van der Waals surface area (Å²) >= 11 is 0. The number of carbonyl (C=O) groups excluding carboxylic acids is 2. The molecule has 6 nitrogen and oxygen atoms in total. The summed E-state index contributed by atoms with van der Waals surface area (Å²) in [4.78, 5) is 33.3. The molecule has 0 saturated carbocycles. The molecule has 2 amide bonds. The fraction of sp³-hybridized carbons (Fsp3) is 0.308. The maximum Gasteiger partial charge on any atom is 0.303 e. The molecule has 1 atom stereocenters. The van der Waals surface area contributed by atoms with E-state index in [1.807, 2.05) is 6.92 Å². The number of hydrogen-bond donors (Lipinski definition) is 3. The van der Waals surface area contributed by atoms with E-state index in [1.165, 1.54) is 0 Å². The highest BCUT2D eigenvalue weighted by Crippen LogP contribution is 2.21. The van der Waals surface area contributed by atoms with Crippen molar-refractivity contribution in [3.63, 3.8) is 0 Å². The van der Waals surface area contributed by atoms with Gasteiger partial charge in [0.25, 0.3) is 11.8 Å². The lowest BCUT2D eigenvalue weighted by molar-refractivity contribution is -0.137. The van der Waals surface area contributed by atoms with Gasteiger partial charge in [-0.15, -0.1) is 0 Å². The molecule has 2 rings (SSSR count). The van der Waals surface area contributed by atoms with Crippen molar-refractivity contribution in [2.24, 2.45) is 0 Å². The number of aliphatic carboxylic acids is 1. The molecule has 0 bridgehead atoms. The third kappa shape index (κ3) is 2.90. The number of imide groups is 1. The Balaban J connectivity index is 2.07. The maximum atomic E-state index is 11.5. The van der Waals surface area contributed by atoms with Gasteiger partial charge in [0, 0.05) is 18.2 Å². The zero-order valence-electron chi connectivity index (χ0n) is 10.4. The van der Waals surface area contributed by atoms with E-state index in [1.54, 1.807) is 18.2 Å². The third-order valence-corrected chi connectivity index (χ3v) is 2.94. The topological polar surface area (TPSA) is 95.5 Å². The molecule has 1 aliphatic rings. The van der Waals surface area contributed by atoms with E-state index < -0.39 is 11.9 Å². The predicted molar refractivity (Wildman–Crippen MR) is 68.2 cm³/mol. The van der Waals surface area contributed by atoms with Crippen LogP contribution in [0.3, 0.4) is 0 Å². The van der Waals surface area contributed by atoms with Crippen molar-refractivity contribution in [3.05, 3.63) is 29.3 Å². The van der Waals surface area contributed by atoms with Crippen molar-refractivity contribution in [1.29, 1.82) is 0 Å². The number of hydrogen-bond acceptors (Lipinski definition) is 4. The smallest absolute Gasteiger partial charge is 0.303 e. The van der Waals surface area contributed by atoms with Gasteiger partial charge in [-0.25, -0.2) is 0 Å². The van der Waals surface area contributed by atoms with Crippen LogP contribution >= 0.6 is 0 Å². The molecular weight excluding hydrogens is 248 g/mol. The first-order chi connectivity index (χ1) is 8.97. The Morgan fingerprint density at radius 1 is 1.32 bits per heavy atom. The maximum absolute atomic E-state index is 11.5. The molecule has 0 aliphatic carbocycles. The van der Waals surface area contributed by atoms with E-state index in [0.717, 1.165) is 0 Å². The molecule has 0 fully saturated rings. The Morgan fingerprint density at radius 2 is 2.00 bits per heavy atom. The Bertz CT molecular complexity index is 554.